The Bertz CT molecular complexity index is 328. The maximum atomic E-state index is 10.3. The predicted molar refractivity (Wildman–Crippen MR) is 65.6 cm³/mol. The van der Waals surface area contributed by atoms with E-state index in [-0.39, 0.29) is 6.10 Å². The molecular formula is C12H17ClOS. The minimum absolute atomic E-state index is 0.337. The van der Waals surface area contributed by atoms with E-state index in [1.54, 1.807) is 11.3 Å². The molecule has 84 valence electrons. The van der Waals surface area contributed by atoms with Crippen molar-refractivity contribution in [3.63, 3.8) is 0 Å². The molecule has 0 aromatic carbocycles. The highest BCUT2D eigenvalue weighted by Crippen LogP contribution is 2.40. The number of rotatable bonds is 2. The fraction of sp³-hybridized carbons (Fsp3) is 0.667. The first-order valence-corrected chi connectivity index (χ1v) is 6.87. The van der Waals surface area contributed by atoms with Gasteiger partial charge in [-0.1, -0.05) is 30.9 Å². The van der Waals surface area contributed by atoms with Crippen molar-refractivity contribution in [1.29, 1.82) is 0 Å². The smallest absolute Gasteiger partial charge is 0.0925 e. The second kappa shape index (κ2) is 4.86. The lowest BCUT2D eigenvalue weighted by atomic mass is 9.85. The average Bonchev–Trinajstić information content (AvgIpc) is 2.60. The van der Waals surface area contributed by atoms with Gasteiger partial charge in [0.1, 0.15) is 0 Å². The van der Waals surface area contributed by atoms with E-state index in [4.69, 9.17) is 11.6 Å². The Morgan fingerprint density at radius 3 is 2.60 bits per heavy atom. The highest BCUT2D eigenvalue weighted by Gasteiger charge is 2.26. The third-order valence-corrected chi connectivity index (χ3v) is 5.07. The van der Waals surface area contributed by atoms with E-state index in [0.29, 0.717) is 5.92 Å². The molecule has 0 bridgehead atoms. The van der Waals surface area contributed by atoms with E-state index in [1.807, 2.05) is 12.3 Å². The summed E-state index contributed by atoms with van der Waals surface area (Å²) in [6.07, 6.45) is 5.79. The van der Waals surface area contributed by atoms with Crippen molar-refractivity contribution in [2.45, 2.75) is 45.1 Å². The highest BCUT2D eigenvalue weighted by atomic mass is 35.5. The van der Waals surface area contributed by atoms with Crippen LogP contribution in [-0.4, -0.2) is 5.11 Å². The largest absolute Gasteiger partial charge is 0.387 e. The Morgan fingerprint density at radius 2 is 2.07 bits per heavy atom. The van der Waals surface area contributed by atoms with Gasteiger partial charge in [0.25, 0.3) is 0 Å². The molecule has 0 saturated heterocycles. The molecular weight excluding hydrogens is 228 g/mol. The lowest BCUT2D eigenvalue weighted by Gasteiger charge is -2.26. The first kappa shape index (κ1) is 11.4. The first-order chi connectivity index (χ1) is 7.20. The molecule has 1 aliphatic rings. The normalized spacial score (nSPS) is 20.5. The summed E-state index contributed by atoms with van der Waals surface area (Å²) in [7, 11) is 0. The second-order valence-corrected chi connectivity index (χ2v) is 5.73. The van der Waals surface area contributed by atoms with E-state index in [2.05, 4.69) is 0 Å². The van der Waals surface area contributed by atoms with E-state index in [9.17, 15) is 5.11 Å². The Balaban J connectivity index is 2.12. The molecule has 1 aromatic heterocycles. The Kier molecular flexibility index (Phi) is 3.70. The molecule has 0 radical (unpaired) electrons. The van der Waals surface area contributed by atoms with Crippen LogP contribution < -0.4 is 0 Å². The lowest BCUT2D eigenvalue weighted by Crippen LogP contribution is -2.15. The molecule has 0 spiro atoms. The van der Waals surface area contributed by atoms with Gasteiger partial charge < -0.3 is 5.11 Å². The van der Waals surface area contributed by atoms with Crippen LogP contribution in [0.5, 0.6) is 0 Å². The van der Waals surface area contributed by atoms with E-state index < -0.39 is 0 Å². The number of thiophene rings is 1. The topological polar surface area (TPSA) is 20.2 Å². The lowest BCUT2D eigenvalue weighted by molar-refractivity contribution is 0.0879. The quantitative estimate of drug-likeness (QED) is 0.821. The van der Waals surface area contributed by atoms with Gasteiger partial charge in [0.15, 0.2) is 0 Å². The average molecular weight is 245 g/mol. The van der Waals surface area contributed by atoms with Crippen LogP contribution in [-0.2, 0) is 0 Å². The van der Waals surface area contributed by atoms with E-state index in [1.165, 1.54) is 19.3 Å². The number of aryl methyl sites for hydroxylation is 1. The fourth-order valence-electron chi connectivity index (χ4n) is 2.31. The molecule has 2 rings (SSSR count). The Hall–Kier alpha value is -0.0500. The summed E-state index contributed by atoms with van der Waals surface area (Å²) in [5.74, 6) is 0.425. The monoisotopic (exact) mass is 244 g/mol. The minimum atomic E-state index is -0.337. The molecule has 1 N–H and O–H groups in total. The molecule has 0 aliphatic heterocycles. The maximum Gasteiger partial charge on any atom is 0.0925 e. The van der Waals surface area contributed by atoms with E-state index >= 15 is 0 Å². The van der Waals surface area contributed by atoms with Crippen LogP contribution in [0.15, 0.2) is 5.38 Å². The van der Waals surface area contributed by atoms with Gasteiger partial charge >= 0.3 is 0 Å². The number of halogens is 1. The Morgan fingerprint density at radius 1 is 1.40 bits per heavy atom. The number of hydrogen-bond acceptors (Lipinski definition) is 2. The van der Waals surface area contributed by atoms with Crippen LogP contribution in [0, 0.1) is 12.8 Å². The Labute approximate surface area is 100 Å². The fourth-order valence-corrected chi connectivity index (χ4v) is 3.70. The van der Waals surface area contributed by atoms with Crippen LogP contribution >= 0.6 is 22.9 Å². The zero-order chi connectivity index (χ0) is 10.8. The summed E-state index contributed by atoms with van der Waals surface area (Å²) in [5, 5.41) is 13.1. The maximum absolute atomic E-state index is 10.3. The zero-order valence-electron chi connectivity index (χ0n) is 9.00. The SMILES string of the molecule is Cc1csc(C(O)C2CCCCC2)c1Cl. The first-order valence-electron chi connectivity index (χ1n) is 5.61. The molecule has 1 heterocycles. The predicted octanol–water partition coefficient (Wildman–Crippen LogP) is 4.32. The molecule has 1 atom stereocenters. The summed E-state index contributed by atoms with van der Waals surface area (Å²) in [5.41, 5.74) is 1.09. The van der Waals surface area contributed by atoms with Crippen LogP contribution in [0.1, 0.15) is 48.6 Å². The van der Waals surface area contributed by atoms with Crippen LogP contribution in [0.3, 0.4) is 0 Å². The third-order valence-electron chi connectivity index (χ3n) is 3.29. The van der Waals surface area contributed by atoms with Gasteiger partial charge in [-0.2, -0.15) is 0 Å². The van der Waals surface area contributed by atoms with Gasteiger partial charge in [-0.3, -0.25) is 0 Å². The van der Waals surface area contributed by atoms with Crippen molar-refractivity contribution in [2.75, 3.05) is 0 Å². The van der Waals surface area contributed by atoms with Crippen molar-refractivity contribution in [2.24, 2.45) is 5.92 Å². The molecule has 1 fully saturated rings. The van der Waals surface area contributed by atoms with Gasteiger partial charge in [-0.25, -0.2) is 0 Å². The van der Waals surface area contributed by atoms with Crippen molar-refractivity contribution in [1.82, 2.24) is 0 Å². The van der Waals surface area contributed by atoms with Crippen LogP contribution in [0.25, 0.3) is 0 Å². The molecule has 1 nitrogen and oxygen atoms in total. The molecule has 1 saturated carbocycles. The van der Waals surface area contributed by atoms with Crippen molar-refractivity contribution in [3.05, 3.63) is 20.8 Å². The summed E-state index contributed by atoms with van der Waals surface area (Å²) in [6, 6.07) is 0. The molecule has 1 unspecified atom stereocenters. The van der Waals surface area contributed by atoms with Crippen LogP contribution in [0.2, 0.25) is 5.02 Å². The minimum Gasteiger partial charge on any atom is -0.387 e. The van der Waals surface area contributed by atoms with Gasteiger partial charge in [0.05, 0.1) is 16.0 Å². The second-order valence-electron chi connectivity index (χ2n) is 4.44. The van der Waals surface area contributed by atoms with Gasteiger partial charge in [0.2, 0.25) is 0 Å². The van der Waals surface area contributed by atoms with Gasteiger partial charge in [-0.15, -0.1) is 11.3 Å². The third kappa shape index (κ3) is 2.38. The molecule has 3 heteroatoms. The van der Waals surface area contributed by atoms with Gasteiger partial charge in [0, 0.05) is 0 Å². The number of aliphatic hydroxyl groups is 1. The molecule has 15 heavy (non-hydrogen) atoms. The summed E-state index contributed by atoms with van der Waals surface area (Å²) in [4.78, 5) is 0.973. The summed E-state index contributed by atoms with van der Waals surface area (Å²) in [6.45, 7) is 2.00. The molecule has 0 amide bonds. The number of hydrogen-bond donors (Lipinski definition) is 1. The zero-order valence-corrected chi connectivity index (χ0v) is 10.6. The van der Waals surface area contributed by atoms with Crippen molar-refractivity contribution < 1.29 is 5.11 Å². The van der Waals surface area contributed by atoms with Gasteiger partial charge in [-0.05, 0) is 36.6 Å². The summed E-state index contributed by atoms with van der Waals surface area (Å²) < 4.78 is 0. The molecule has 1 aliphatic carbocycles. The highest BCUT2D eigenvalue weighted by molar-refractivity contribution is 7.10. The number of aliphatic hydroxyl groups excluding tert-OH is 1. The van der Waals surface area contributed by atoms with Crippen molar-refractivity contribution in [3.8, 4) is 0 Å². The van der Waals surface area contributed by atoms with E-state index in [0.717, 1.165) is 28.3 Å². The summed E-state index contributed by atoms with van der Waals surface area (Å²) >= 11 is 7.77. The van der Waals surface area contributed by atoms with Crippen LogP contribution in [0.4, 0.5) is 0 Å². The van der Waals surface area contributed by atoms with Crippen molar-refractivity contribution >= 4 is 22.9 Å². The molecule has 1 aromatic rings. The standard InChI is InChI=1S/C12H17ClOS/c1-8-7-15-12(10(8)13)11(14)9-5-3-2-4-6-9/h7,9,11,14H,2-6H2,1H3.